The number of imidazole rings is 1. The number of hydrogen-bond donors (Lipinski definition) is 1. The number of likely N-dealkylation sites (tertiary alicyclic amines) is 1. The summed E-state index contributed by atoms with van der Waals surface area (Å²) < 4.78 is 7.41. The summed E-state index contributed by atoms with van der Waals surface area (Å²) in [5, 5.41) is 10.8. The number of furan rings is 1. The molecule has 1 aromatic carbocycles. The Bertz CT molecular complexity index is 992. The number of amides is 1. The molecule has 1 fully saturated rings. The van der Waals surface area contributed by atoms with Crippen molar-refractivity contribution in [1.29, 1.82) is 0 Å². The zero-order chi connectivity index (χ0) is 19.5. The Morgan fingerprint density at radius 3 is 2.61 bits per heavy atom. The van der Waals surface area contributed by atoms with E-state index >= 15 is 0 Å². The molecule has 1 aliphatic rings. The van der Waals surface area contributed by atoms with Crippen molar-refractivity contribution in [3.63, 3.8) is 0 Å². The molecule has 142 valence electrons. The van der Waals surface area contributed by atoms with Crippen molar-refractivity contribution in [2.75, 3.05) is 6.54 Å². The molecule has 1 saturated heterocycles. The van der Waals surface area contributed by atoms with Crippen LogP contribution in [0.2, 0.25) is 0 Å². The number of benzene rings is 1. The topological polar surface area (TPSA) is 88.6 Å². The summed E-state index contributed by atoms with van der Waals surface area (Å²) in [7, 11) is 0. The number of aliphatic hydroxyl groups excluding tert-OH is 1. The SMILES string of the molecule is O=C1C(=O)N(CCCn2ccnc2)[C@H](c2ccco2)/C1=C(\O)c1ccccc1. The molecule has 7 nitrogen and oxygen atoms in total. The molecule has 28 heavy (non-hydrogen) atoms. The van der Waals surface area contributed by atoms with Crippen LogP contribution < -0.4 is 0 Å². The van der Waals surface area contributed by atoms with Crippen molar-refractivity contribution in [2.45, 2.75) is 19.0 Å². The van der Waals surface area contributed by atoms with Crippen LogP contribution in [0.1, 0.15) is 23.8 Å². The largest absolute Gasteiger partial charge is 0.507 e. The van der Waals surface area contributed by atoms with Gasteiger partial charge in [0.1, 0.15) is 17.6 Å². The second-order valence-corrected chi connectivity index (χ2v) is 6.53. The van der Waals surface area contributed by atoms with E-state index in [9.17, 15) is 14.7 Å². The normalized spacial score (nSPS) is 18.7. The molecular formula is C21H19N3O4. The van der Waals surface area contributed by atoms with E-state index in [1.165, 1.54) is 11.2 Å². The molecule has 0 radical (unpaired) electrons. The van der Waals surface area contributed by atoms with Gasteiger partial charge in [-0.25, -0.2) is 4.98 Å². The van der Waals surface area contributed by atoms with Crippen LogP contribution in [0.4, 0.5) is 0 Å². The molecule has 0 saturated carbocycles. The number of carbonyl (C=O) groups is 2. The van der Waals surface area contributed by atoms with Gasteiger partial charge in [0, 0.05) is 31.0 Å². The van der Waals surface area contributed by atoms with E-state index in [1.54, 1.807) is 48.9 Å². The quantitative estimate of drug-likeness (QED) is 0.405. The highest BCUT2D eigenvalue weighted by Gasteiger charge is 2.47. The minimum absolute atomic E-state index is 0.0498. The second-order valence-electron chi connectivity index (χ2n) is 6.53. The predicted molar refractivity (Wildman–Crippen MR) is 101 cm³/mol. The van der Waals surface area contributed by atoms with E-state index in [2.05, 4.69) is 4.98 Å². The molecule has 0 aliphatic carbocycles. The van der Waals surface area contributed by atoms with Crippen molar-refractivity contribution in [1.82, 2.24) is 14.5 Å². The van der Waals surface area contributed by atoms with Crippen LogP contribution in [0.5, 0.6) is 0 Å². The summed E-state index contributed by atoms with van der Waals surface area (Å²) in [6, 6.07) is 11.4. The highest BCUT2D eigenvalue weighted by Crippen LogP contribution is 2.39. The van der Waals surface area contributed by atoms with Gasteiger partial charge < -0.3 is 19.0 Å². The first-order valence-electron chi connectivity index (χ1n) is 9.00. The molecule has 3 heterocycles. The Morgan fingerprint density at radius 2 is 1.93 bits per heavy atom. The molecular weight excluding hydrogens is 358 g/mol. The summed E-state index contributed by atoms with van der Waals surface area (Å²) in [4.78, 5) is 30.9. The zero-order valence-electron chi connectivity index (χ0n) is 15.1. The van der Waals surface area contributed by atoms with Crippen LogP contribution in [0, 0.1) is 0 Å². The van der Waals surface area contributed by atoms with Gasteiger partial charge in [-0.15, -0.1) is 0 Å². The van der Waals surface area contributed by atoms with Gasteiger partial charge in [0.05, 0.1) is 18.2 Å². The summed E-state index contributed by atoms with van der Waals surface area (Å²) >= 11 is 0. The maximum Gasteiger partial charge on any atom is 0.295 e. The standard InChI is InChI=1S/C21H19N3O4/c25-19(15-6-2-1-3-7-15)17-18(16-8-4-13-28-16)24(21(27)20(17)26)11-5-10-23-12-9-22-14-23/h1-4,6-9,12-14,18,25H,5,10-11H2/b19-17+/t18-/m1/s1. The van der Waals surface area contributed by atoms with Gasteiger partial charge in [-0.1, -0.05) is 30.3 Å². The molecule has 2 aromatic heterocycles. The number of carbonyl (C=O) groups excluding carboxylic acids is 2. The molecule has 3 aromatic rings. The maximum atomic E-state index is 12.8. The average molecular weight is 377 g/mol. The number of ketones is 1. The molecule has 0 unspecified atom stereocenters. The molecule has 0 bridgehead atoms. The van der Waals surface area contributed by atoms with E-state index in [0.29, 0.717) is 30.8 Å². The Kier molecular flexibility index (Phi) is 4.80. The Labute approximate surface area is 161 Å². The summed E-state index contributed by atoms with van der Waals surface area (Å²) in [6.45, 7) is 1.01. The van der Waals surface area contributed by atoms with Crippen LogP contribution in [0.3, 0.4) is 0 Å². The number of aliphatic hydroxyl groups is 1. The lowest BCUT2D eigenvalue weighted by molar-refractivity contribution is -0.140. The van der Waals surface area contributed by atoms with E-state index in [4.69, 9.17) is 4.42 Å². The maximum absolute atomic E-state index is 12.8. The second kappa shape index (κ2) is 7.56. The molecule has 1 atom stereocenters. The third-order valence-corrected chi connectivity index (χ3v) is 4.77. The third kappa shape index (κ3) is 3.22. The van der Waals surface area contributed by atoms with Gasteiger partial charge in [-0.3, -0.25) is 9.59 Å². The molecule has 1 aliphatic heterocycles. The number of nitrogens with zero attached hydrogens (tertiary/aromatic N) is 3. The van der Waals surface area contributed by atoms with Gasteiger partial charge in [0.15, 0.2) is 0 Å². The number of rotatable bonds is 6. The molecule has 0 spiro atoms. The minimum atomic E-state index is -0.752. The lowest BCUT2D eigenvalue weighted by Gasteiger charge is -2.23. The lowest BCUT2D eigenvalue weighted by Crippen LogP contribution is -2.31. The van der Waals surface area contributed by atoms with Crippen molar-refractivity contribution < 1.29 is 19.1 Å². The van der Waals surface area contributed by atoms with Crippen LogP contribution >= 0.6 is 0 Å². The molecule has 7 heteroatoms. The number of Topliss-reactive ketones (excluding diaryl/α,β-unsaturated/α-hetero) is 1. The molecule has 1 amide bonds. The fraction of sp³-hybridized carbons (Fsp3) is 0.190. The first kappa shape index (κ1) is 17.8. The minimum Gasteiger partial charge on any atom is -0.507 e. The fourth-order valence-corrected chi connectivity index (χ4v) is 3.45. The first-order valence-corrected chi connectivity index (χ1v) is 9.00. The highest BCUT2D eigenvalue weighted by atomic mass is 16.3. The van der Waals surface area contributed by atoms with Crippen molar-refractivity contribution >= 4 is 17.4 Å². The average Bonchev–Trinajstić information content (AvgIpc) is 3.46. The van der Waals surface area contributed by atoms with Gasteiger partial charge >= 0.3 is 0 Å². The summed E-state index contributed by atoms with van der Waals surface area (Å²) in [5.41, 5.74) is 0.532. The number of aromatic nitrogens is 2. The van der Waals surface area contributed by atoms with Crippen LogP contribution in [-0.2, 0) is 16.1 Å². The van der Waals surface area contributed by atoms with Crippen molar-refractivity contribution in [3.8, 4) is 0 Å². The van der Waals surface area contributed by atoms with Crippen LogP contribution in [0.25, 0.3) is 5.76 Å². The van der Waals surface area contributed by atoms with E-state index < -0.39 is 17.7 Å². The predicted octanol–water partition coefficient (Wildman–Crippen LogP) is 2.99. The summed E-state index contributed by atoms with van der Waals surface area (Å²) in [5.74, 6) is -1.09. The van der Waals surface area contributed by atoms with Crippen LogP contribution in [-0.4, -0.2) is 37.8 Å². The van der Waals surface area contributed by atoms with Gasteiger partial charge in [-0.05, 0) is 18.6 Å². The zero-order valence-corrected chi connectivity index (χ0v) is 15.1. The van der Waals surface area contributed by atoms with Gasteiger partial charge in [-0.2, -0.15) is 0 Å². The highest BCUT2D eigenvalue weighted by molar-refractivity contribution is 6.46. The monoisotopic (exact) mass is 377 g/mol. The third-order valence-electron chi connectivity index (χ3n) is 4.77. The first-order chi connectivity index (χ1) is 13.7. The summed E-state index contributed by atoms with van der Waals surface area (Å²) in [6.07, 6.45) is 7.35. The Hall–Kier alpha value is -3.61. The van der Waals surface area contributed by atoms with Crippen LogP contribution in [0.15, 0.2) is 77.4 Å². The number of aryl methyl sites for hydroxylation is 1. The van der Waals surface area contributed by atoms with E-state index in [0.717, 1.165) is 0 Å². The van der Waals surface area contributed by atoms with E-state index in [1.807, 2.05) is 16.8 Å². The fourth-order valence-electron chi connectivity index (χ4n) is 3.45. The van der Waals surface area contributed by atoms with Gasteiger partial charge in [0.25, 0.3) is 11.7 Å². The number of hydrogen-bond acceptors (Lipinski definition) is 5. The smallest absolute Gasteiger partial charge is 0.295 e. The Balaban J connectivity index is 1.68. The molecule has 4 rings (SSSR count). The van der Waals surface area contributed by atoms with Gasteiger partial charge in [0.2, 0.25) is 0 Å². The van der Waals surface area contributed by atoms with E-state index in [-0.39, 0.29) is 11.3 Å². The van der Waals surface area contributed by atoms with Crippen molar-refractivity contribution in [2.24, 2.45) is 0 Å². The lowest BCUT2D eigenvalue weighted by atomic mass is 9.99. The Morgan fingerprint density at radius 1 is 1.11 bits per heavy atom. The van der Waals surface area contributed by atoms with Crippen molar-refractivity contribution in [3.05, 3.63) is 84.3 Å². The molecule has 1 N–H and O–H groups in total.